The van der Waals surface area contributed by atoms with Crippen LogP contribution in [-0.2, 0) is 4.79 Å². The van der Waals surface area contributed by atoms with Crippen LogP contribution in [-0.4, -0.2) is 23.3 Å². The number of ether oxygens (including phenoxy) is 1. The van der Waals surface area contributed by atoms with Gasteiger partial charge in [0.15, 0.2) is 0 Å². The quantitative estimate of drug-likeness (QED) is 0.854. The zero-order chi connectivity index (χ0) is 16.9. The number of pyridine rings is 1. The first kappa shape index (κ1) is 16.5. The normalized spacial score (nSPS) is 10.9. The van der Waals surface area contributed by atoms with Crippen LogP contribution in [0, 0.1) is 5.41 Å². The van der Waals surface area contributed by atoms with Gasteiger partial charge in [0.05, 0.1) is 11.0 Å². The number of rotatable bonds is 6. The van der Waals surface area contributed by atoms with E-state index in [0.717, 1.165) is 0 Å². The zero-order valence-corrected chi connectivity index (χ0v) is 13.1. The van der Waals surface area contributed by atoms with Gasteiger partial charge in [-0.1, -0.05) is 18.2 Å². The molecule has 3 N–H and O–H groups in total. The molecule has 1 aromatic heterocycles. The number of hydrogen-bond donors (Lipinski definition) is 2. The maximum atomic E-state index is 12.0. The Hall–Kier alpha value is -2.89. The molecule has 0 atom stereocenters. The second-order valence-corrected chi connectivity index (χ2v) is 5.73. The summed E-state index contributed by atoms with van der Waals surface area (Å²) in [5.41, 5.74) is 4.84. The summed E-state index contributed by atoms with van der Waals surface area (Å²) in [5.74, 6) is 0.270. The van der Waals surface area contributed by atoms with Gasteiger partial charge in [-0.05, 0) is 32.0 Å². The molecule has 120 valence electrons. The third-order valence-electron chi connectivity index (χ3n) is 3.32. The van der Waals surface area contributed by atoms with Gasteiger partial charge in [-0.2, -0.15) is 0 Å². The SMILES string of the molecule is CC(C)(CNC(=O)c1ccc(Oc2ccccc2)nc1)C(N)=O. The fourth-order valence-corrected chi connectivity index (χ4v) is 1.67. The predicted octanol–water partition coefficient (Wildman–Crippen LogP) is 2.12. The van der Waals surface area contributed by atoms with Crippen LogP contribution in [0.25, 0.3) is 0 Å². The Labute approximate surface area is 134 Å². The summed E-state index contributed by atoms with van der Waals surface area (Å²) in [5, 5.41) is 2.67. The van der Waals surface area contributed by atoms with Crippen molar-refractivity contribution < 1.29 is 14.3 Å². The van der Waals surface area contributed by atoms with Crippen molar-refractivity contribution in [3.63, 3.8) is 0 Å². The Kier molecular flexibility index (Phi) is 4.95. The highest BCUT2D eigenvalue weighted by atomic mass is 16.5. The van der Waals surface area contributed by atoms with Crippen molar-refractivity contribution in [1.82, 2.24) is 10.3 Å². The highest BCUT2D eigenvalue weighted by Gasteiger charge is 2.25. The van der Waals surface area contributed by atoms with Gasteiger partial charge in [0.2, 0.25) is 11.8 Å². The van der Waals surface area contributed by atoms with Crippen LogP contribution < -0.4 is 15.8 Å². The van der Waals surface area contributed by atoms with Crippen LogP contribution in [0.15, 0.2) is 48.7 Å². The lowest BCUT2D eigenvalue weighted by Gasteiger charge is -2.20. The molecule has 2 rings (SSSR count). The minimum absolute atomic E-state index is 0.156. The van der Waals surface area contributed by atoms with Gasteiger partial charge in [-0.25, -0.2) is 4.98 Å². The highest BCUT2D eigenvalue weighted by molar-refractivity contribution is 5.94. The second-order valence-electron chi connectivity index (χ2n) is 5.73. The van der Waals surface area contributed by atoms with Crippen molar-refractivity contribution in [2.75, 3.05) is 6.54 Å². The number of primary amides is 1. The fourth-order valence-electron chi connectivity index (χ4n) is 1.67. The number of benzene rings is 1. The highest BCUT2D eigenvalue weighted by Crippen LogP contribution is 2.18. The molecule has 6 nitrogen and oxygen atoms in total. The van der Waals surface area contributed by atoms with Crippen LogP contribution in [0.1, 0.15) is 24.2 Å². The van der Waals surface area contributed by atoms with Crippen LogP contribution in [0.5, 0.6) is 11.6 Å². The first-order chi connectivity index (χ1) is 10.9. The number of nitrogens with two attached hydrogens (primary N) is 1. The van der Waals surface area contributed by atoms with E-state index < -0.39 is 11.3 Å². The number of aromatic nitrogens is 1. The number of amides is 2. The number of carbonyl (C=O) groups is 2. The smallest absolute Gasteiger partial charge is 0.252 e. The van der Waals surface area contributed by atoms with Gasteiger partial charge in [0, 0.05) is 18.8 Å². The monoisotopic (exact) mass is 313 g/mol. The van der Waals surface area contributed by atoms with E-state index in [1.807, 2.05) is 30.3 Å². The van der Waals surface area contributed by atoms with E-state index in [4.69, 9.17) is 10.5 Å². The number of nitrogens with one attached hydrogen (secondary N) is 1. The van der Waals surface area contributed by atoms with Gasteiger partial charge in [0.1, 0.15) is 5.75 Å². The van der Waals surface area contributed by atoms with Crippen molar-refractivity contribution in [2.45, 2.75) is 13.8 Å². The maximum absolute atomic E-state index is 12.0. The number of nitrogens with zero attached hydrogens (tertiary/aromatic N) is 1. The van der Waals surface area contributed by atoms with E-state index in [2.05, 4.69) is 10.3 Å². The maximum Gasteiger partial charge on any atom is 0.252 e. The molecule has 0 radical (unpaired) electrons. The summed E-state index contributed by atoms with van der Waals surface area (Å²) in [6.07, 6.45) is 1.42. The lowest BCUT2D eigenvalue weighted by atomic mass is 9.93. The van der Waals surface area contributed by atoms with Crippen LogP contribution in [0.3, 0.4) is 0 Å². The van der Waals surface area contributed by atoms with E-state index in [0.29, 0.717) is 17.2 Å². The third-order valence-corrected chi connectivity index (χ3v) is 3.32. The van der Waals surface area contributed by atoms with Crippen molar-refractivity contribution in [3.8, 4) is 11.6 Å². The first-order valence-corrected chi connectivity index (χ1v) is 7.15. The Morgan fingerprint density at radius 3 is 2.43 bits per heavy atom. The summed E-state index contributed by atoms with van der Waals surface area (Å²) in [6.45, 7) is 3.50. The molecule has 2 aromatic rings. The number of hydrogen-bond acceptors (Lipinski definition) is 4. The van der Waals surface area contributed by atoms with Crippen molar-refractivity contribution in [1.29, 1.82) is 0 Å². The van der Waals surface area contributed by atoms with Crippen LogP contribution in [0.2, 0.25) is 0 Å². The average Bonchev–Trinajstić information content (AvgIpc) is 2.54. The molecule has 0 aliphatic heterocycles. The molecule has 0 aliphatic rings. The van der Waals surface area contributed by atoms with Gasteiger partial charge in [0.25, 0.3) is 5.91 Å². The van der Waals surface area contributed by atoms with E-state index in [-0.39, 0.29) is 12.5 Å². The van der Waals surface area contributed by atoms with Gasteiger partial charge < -0.3 is 15.8 Å². The van der Waals surface area contributed by atoms with E-state index in [9.17, 15) is 9.59 Å². The molecular formula is C17H19N3O3. The lowest BCUT2D eigenvalue weighted by molar-refractivity contribution is -0.125. The van der Waals surface area contributed by atoms with Crippen molar-refractivity contribution in [2.24, 2.45) is 11.1 Å². The van der Waals surface area contributed by atoms with Gasteiger partial charge in [-0.3, -0.25) is 9.59 Å². The number of carbonyl (C=O) groups excluding carboxylic acids is 2. The van der Waals surface area contributed by atoms with Crippen LogP contribution in [0.4, 0.5) is 0 Å². The second kappa shape index (κ2) is 6.91. The van der Waals surface area contributed by atoms with Crippen LogP contribution >= 0.6 is 0 Å². The molecule has 0 saturated carbocycles. The standard InChI is InChI=1S/C17H19N3O3/c1-17(2,16(18)22)11-20-15(21)12-8-9-14(19-10-12)23-13-6-4-3-5-7-13/h3-10H,11H2,1-2H3,(H2,18,22)(H,20,21). The van der Waals surface area contributed by atoms with Gasteiger partial charge >= 0.3 is 0 Å². The predicted molar refractivity (Wildman–Crippen MR) is 86.1 cm³/mol. The molecule has 0 bridgehead atoms. The molecule has 6 heteroatoms. The first-order valence-electron chi connectivity index (χ1n) is 7.15. The average molecular weight is 313 g/mol. The summed E-state index contributed by atoms with van der Waals surface area (Å²) >= 11 is 0. The Morgan fingerprint density at radius 2 is 1.87 bits per heavy atom. The third kappa shape index (κ3) is 4.54. The summed E-state index contributed by atoms with van der Waals surface area (Å²) in [6, 6.07) is 12.5. The minimum Gasteiger partial charge on any atom is -0.439 e. The van der Waals surface area contributed by atoms with E-state index in [1.165, 1.54) is 6.20 Å². The Balaban J connectivity index is 1.96. The zero-order valence-electron chi connectivity index (χ0n) is 13.1. The molecule has 0 unspecified atom stereocenters. The largest absolute Gasteiger partial charge is 0.439 e. The fraction of sp³-hybridized carbons (Fsp3) is 0.235. The number of para-hydroxylation sites is 1. The molecular weight excluding hydrogens is 294 g/mol. The summed E-state index contributed by atoms with van der Waals surface area (Å²) < 4.78 is 5.55. The topological polar surface area (TPSA) is 94.3 Å². The Bertz CT molecular complexity index is 682. The van der Waals surface area contributed by atoms with Crippen molar-refractivity contribution >= 4 is 11.8 Å². The summed E-state index contributed by atoms with van der Waals surface area (Å²) in [4.78, 5) is 27.4. The molecule has 23 heavy (non-hydrogen) atoms. The summed E-state index contributed by atoms with van der Waals surface area (Å²) in [7, 11) is 0. The van der Waals surface area contributed by atoms with Crippen molar-refractivity contribution in [3.05, 3.63) is 54.2 Å². The molecule has 2 amide bonds. The Morgan fingerprint density at radius 1 is 1.17 bits per heavy atom. The van der Waals surface area contributed by atoms with Gasteiger partial charge in [-0.15, -0.1) is 0 Å². The minimum atomic E-state index is -0.806. The molecule has 0 fully saturated rings. The molecule has 1 aromatic carbocycles. The molecule has 0 spiro atoms. The molecule has 0 aliphatic carbocycles. The molecule has 0 saturated heterocycles. The lowest BCUT2D eigenvalue weighted by Crippen LogP contribution is -2.42. The van der Waals surface area contributed by atoms with E-state index >= 15 is 0 Å². The van der Waals surface area contributed by atoms with E-state index in [1.54, 1.807) is 26.0 Å². The molecule has 1 heterocycles.